The highest BCUT2D eigenvalue weighted by atomic mass is 16.5. The van der Waals surface area contributed by atoms with Crippen LogP contribution in [0.4, 0.5) is 5.69 Å². The Bertz CT molecular complexity index is 971. The van der Waals surface area contributed by atoms with Crippen molar-refractivity contribution in [3.05, 3.63) is 40.7 Å². The maximum Gasteiger partial charge on any atom is 0.250 e. The van der Waals surface area contributed by atoms with Gasteiger partial charge in [0.2, 0.25) is 0 Å². The van der Waals surface area contributed by atoms with Gasteiger partial charge in [0.1, 0.15) is 0 Å². The minimum atomic E-state index is -0.481. The first-order chi connectivity index (χ1) is 13.8. The number of anilines is 1. The predicted octanol–water partition coefficient (Wildman–Crippen LogP) is 2.89. The number of ether oxygens (including phenoxy) is 1. The molecule has 0 radical (unpaired) electrons. The van der Waals surface area contributed by atoms with E-state index in [2.05, 4.69) is 19.2 Å². The molecule has 3 N–H and O–H groups in total. The van der Waals surface area contributed by atoms with Crippen molar-refractivity contribution in [2.45, 2.75) is 52.5 Å². The van der Waals surface area contributed by atoms with Crippen LogP contribution in [0.2, 0.25) is 0 Å². The number of aromatic nitrogens is 2. The van der Waals surface area contributed by atoms with Crippen LogP contribution in [0, 0.1) is 5.41 Å². The van der Waals surface area contributed by atoms with E-state index < -0.39 is 5.91 Å². The second kappa shape index (κ2) is 7.30. The van der Waals surface area contributed by atoms with Gasteiger partial charge in [-0.2, -0.15) is 5.10 Å². The largest absolute Gasteiger partial charge is 0.379 e. The molecule has 1 aromatic heterocycles. The Balaban J connectivity index is 1.81. The number of primary amides is 1. The highest BCUT2D eigenvalue weighted by molar-refractivity contribution is 6.00. The van der Waals surface area contributed by atoms with E-state index in [1.165, 1.54) is 0 Å². The van der Waals surface area contributed by atoms with Gasteiger partial charge in [-0.1, -0.05) is 20.8 Å². The Kier molecular flexibility index (Phi) is 4.94. The van der Waals surface area contributed by atoms with Crippen molar-refractivity contribution in [3.63, 3.8) is 0 Å². The number of carbonyl (C=O) groups excluding carboxylic acids is 2. The summed E-state index contributed by atoms with van der Waals surface area (Å²) < 4.78 is 7.31. The zero-order chi connectivity index (χ0) is 20.8. The molecule has 7 nitrogen and oxygen atoms in total. The van der Waals surface area contributed by atoms with Gasteiger partial charge >= 0.3 is 0 Å². The predicted molar refractivity (Wildman–Crippen MR) is 111 cm³/mol. The van der Waals surface area contributed by atoms with Gasteiger partial charge in [0.05, 0.1) is 40.9 Å². The van der Waals surface area contributed by atoms with Crippen LogP contribution in [0.1, 0.15) is 65.7 Å². The number of fused-ring (bicyclic) bond motifs is 1. The minimum absolute atomic E-state index is 0.109. The van der Waals surface area contributed by atoms with Crippen molar-refractivity contribution in [3.8, 4) is 5.69 Å². The normalized spacial score (nSPS) is 20.5. The molecule has 1 unspecified atom stereocenters. The molecular weight excluding hydrogens is 368 g/mol. The first kappa shape index (κ1) is 19.6. The minimum Gasteiger partial charge on any atom is -0.379 e. The van der Waals surface area contributed by atoms with Gasteiger partial charge in [0, 0.05) is 18.7 Å². The number of hydrogen-bond donors (Lipinski definition) is 2. The molecular formula is C22H28N4O3. The third-order valence-corrected chi connectivity index (χ3v) is 5.75. The number of nitrogens with two attached hydrogens (primary N) is 1. The Hall–Kier alpha value is -2.67. The van der Waals surface area contributed by atoms with Gasteiger partial charge < -0.3 is 15.8 Å². The smallest absolute Gasteiger partial charge is 0.250 e. The van der Waals surface area contributed by atoms with E-state index in [1.54, 1.807) is 6.07 Å². The van der Waals surface area contributed by atoms with Gasteiger partial charge in [0.25, 0.3) is 5.91 Å². The summed E-state index contributed by atoms with van der Waals surface area (Å²) in [6.45, 7) is 7.54. The number of carbonyl (C=O) groups is 2. The lowest BCUT2D eigenvalue weighted by molar-refractivity contribution is 0.0909. The van der Waals surface area contributed by atoms with Crippen LogP contribution in [0.25, 0.3) is 5.69 Å². The lowest BCUT2D eigenvalue weighted by Crippen LogP contribution is -2.28. The van der Waals surface area contributed by atoms with E-state index in [1.807, 2.05) is 23.7 Å². The van der Waals surface area contributed by atoms with E-state index >= 15 is 0 Å². The van der Waals surface area contributed by atoms with Crippen LogP contribution in [0.5, 0.6) is 0 Å². The average molecular weight is 396 g/mol. The standard InChI is InChI=1S/C22H28N4O3/c1-4-16-20-18(10-22(2,3)11-19(20)27)26(25-16)14-5-6-15(21(23)28)17(9-14)24-13-7-8-29-12-13/h5-6,9,13,24H,4,7-8,10-12H2,1-3H3,(H2,23,28). The van der Waals surface area contributed by atoms with Crippen LogP contribution in [0.15, 0.2) is 18.2 Å². The molecule has 1 fully saturated rings. The number of rotatable bonds is 5. The Morgan fingerprint density at radius 1 is 1.38 bits per heavy atom. The van der Waals surface area contributed by atoms with Gasteiger partial charge in [-0.3, -0.25) is 9.59 Å². The van der Waals surface area contributed by atoms with Crippen LogP contribution >= 0.6 is 0 Å². The number of nitrogens with one attached hydrogen (secondary N) is 1. The molecule has 1 aliphatic carbocycles. The zero-order valence-electron chi connectivity index (χ0n) is 17.2. The van der Waals surface area contributed by atoms with Crippen molar-refractivity contribution in [1.29, 1.82) is 0 Å². The van der Waals surface area contributed by atoms with Crippen LogP contribution in [0.3, 0.4) is 0 Å². The monoisotopic (exact) mass is 396 g/mol. The summed E-state index contributed by atoms with van der Waals surface area (Å²) in [7, 11) is 0. The number of hydrogen-bond acceptors (Lipinski definition) is 5. The highest BCUT2D eigenvalue weighted by Crippen LogP contribution is 2.37. The second-order valence-corrected chi connectivity index (χ2v) is 8.77. The maximum atomic E-state index is 12.8. The fourth-order valence-electron chi connectivity index (χ4n) is 4.36. The Morgan fingerprint density at radius 3 is 2.83 bits per heavy atom. The molecule has 0 saturated carbocycles. The summed E-state index contributed by atoms with van der Waals surface area (Å²) in [5, 5.41) is 8.16. The highest BCUT2D eigenvalue weighted by Gasteiger charge is 2.36. The van der Waals surface area contributed by atoms with Crippen molar-refractivity contribution >= 4 is 17.4 Å². The summed E-state index contributed by atoms with van der Waals surface area (Å²) in [6, 6.07) is 5.61. The quantitative estimate of drug-likeness (QED) is 0.810. The molecule has 29 heavy (non-hydrogen) atoms. The molecule has 1 aromatic carbocycles. The molecule has 4 rings (SSSR count). The number of amides is 1. The fourth-order valence-corrected chi connectivity index (χ4v) is 4.36. The molecule has 154 valence electrons. The lowest BCUT2D eigenvalue weighted by Gasteiger charge is -2.29. The number of benzene rings is 1. The molecule has 0 spiro atoms. The number of ketones is 1. The summed E-state index contributed by atoms with van der Waals surface area (Å²) in [4.78, 5) is 24.8. The van der Waals surface area contributed by atoms with Crippen molar-refractivity contribution < 1.29 is 14.3 Å². The average Bonchev–Trinajstić information content (AvgIpc) is 3.28. The van der Waals surface area contributed by atoms with Gasteiger partial charge in [-0.15, -0.1) is 0 Å². The number of aryl methyl sites for hydroxylation is 1. The molecule has 2 heterocycles. The third kappa shape index (κ3) is 3.67. The van der Waals surface area contributed by atoms with Crippen LogP contribution < -0.4 is 11.1 Å². The van der Waals surface area contributed by atoms with Crippen molar-refractivity contribution in [2.75, 3.05) is 18.5 Å². The third-order valence-electron chi connectivity index (χ3n) is 5.75. The second-order valence-electron chi connectivity index (χ2n) is 8.77. The van der Waals surface area contributed by atoms with E-state index in [4.69, 9.17) is 15.6 Å². The van der Waals surface area contributed by atoms with Crippen LogP contribution in [-0.4, -0.2) is 40.7 Å². The summed E-state index contributed by atoms with van der Waals surface area (Å²) in [6.07, 6.45) is 2.89. The molecule has 1 amide bonds. The maximum absolute atomic E-state index is 12.8. The molecule has 2 aromatic rings. The first-order valence-electron chi connectivity index (χ1n) is 10.2. The van der Waals surface area contributed by atoms with E-state index in [0.717, 1.165) is 35.5 Å². The lowest BCUT2D eigenvalue weighted by atomic mass is 9.75. The summed E-state index contributed by atoms with van der Waals surface area (Å²) >= 11 is 0. The molecule has 1 atom stereocenters. The van der Waals surface area contributed by atoms with Gasteiger partial charge in [-0.05, 0) is 42.9 Å². The van der Waals surface area contributed by atoms with E-state index in [9.17, 15) is 9.59 Å². The van der Waals surface area contributed by atoms with Crippen LogP contribution in [-0.2, 0) is 17.6 Å². The van der Waals surface area contributed by atoms with E-state index in [0.29, 0.717) is 37.3 Å². The number of nitrogens with zero attached hydrogens (tertiary/aromatic N) is 2. The fraction of sp³-hybridized carbons (Fsp3) is 0.500. The molecule has 7 heteroatoms. The summed E-state index contributed by atoms with van der Waals surface area (Å²) in [5.41, 5.74) is 9.96. The number of Topliss-reactive ketones (excluding diaryl/α,β-unsaturated/α-hetero) is 1. The molecule has 1 aliphatic heterocycles. The van der Waals surface area contributed by atoms with E-state index in [-0.39, 0.29) is 17.2 Å². The topological polar surface area (TPSA) is 99.2 Å². The molecule has 1 saturated heterocycles. The molecule has 2 aliphatic rings. The first-order valence-corrected chi connectivity index (χ1v) is 10.2. The Morgan fingerprint density at radius 2 is 2.17 bits per heavy atom. The van der Waals surface area contributed by atoms with Crippen molar-refractivity contribution in [2.24, 2.45) is 11.1 Å². The SMILES string of the molecule is CCc1nn(-c2ccc(C(N)=O)c(NC3CCOC3)c2)c2c1C(=O)CC(C)(C)C2. The molecule has 0 bridgehead atoms. The Labute approximate surface area is 170 Å². The van der Waals surface area contributed by atoms with Gasteiger partial charge in [-0.25, -0.2) is 4.68 Å². The zero-order valence-corrected chi connectivity index (χ0v) is 17.2. The van der Waals surface area contributed by atoms with Crippen molar-refractivity contribution in [1.82, 2.24) is 9.78 Å². The summed E-state index contributed by atoms with van der Waals surface area (Å²) in [5.74, 6) is -0.319. The van der Waals surface area contributed by atoms with Gasteiger partial charge in [0.15, 0.2) is 5.78 Å².